The molecule has 4 heterocycles. The second-order valence-electron chi connectivity index (χ2n) is 25.4. The molecular formula is C82H80F10N6O6S2. The number of hydrogen-bond donors (Lipinski definition) is 0. The van der Waals surface area contributed by atoms with Gasteiger partial charge in [0, 0.05) is 127 Å². The van der Waals surface area contributed by atoms with Gasteiger partial charge in [0.15, 0.2) is 34.1 Å². The van der Waals surface area contributed by atoms with E-state index in [0.717, 1.165) is 64.9 Å². The van der Waals surface area contributed by atoms with Gasteiger partial charge in [-0.1, -0.05) is 120 Å². The first-order chi connectivity index (χ1) is 57.2. The molecule has 0 spiro atoms. The van der Waals surface area contributed by atoms with Crippen molar-refractivity contribution in [3.05, 3.63) is 270 Å². The van der Waals surface area contributed by atoms with Gasteiger partial charge in [0.1, 0.15) is 13.1 Å². The van der Waals surface area contributed by atoms with E-state index in [9.17, 15) is 58.7 Å². The van der Waals surface area contributed by atoms with Gasteiger partial charge in [0.05, 0.1) is 64.6 Å². The van der Waals surface area contributed by atoms with E-state index in [0.29, 0.717) is 98.3 Å². The minimum absolute atomic E-state index is 0.0292. The molecule has 0 saturated carbocycles. The highest BCUT2D eigenvalue weighted by Gasteiger charge is 2.34. The van der Waals surface area contributed by atoms with Crippen LogP contribution in [0.1, 0.15) is 92.1 Å². The molecular weight excluding hydrogens is 1420 g/mol. The molecule has 2 amide bonds. The lowest BCUT2D eigenvalue weighted by molar-refractivity contribution is -0.138. The summed E-state index contributed by atoms with van der Waals surface area (Å²) < 4.78 is 281. The Kier molecular flexibility index (Phi) is 19.6. The molecule has 8 aromatic carbocycles. The minimum Gasteiger partial charge on any atom is -0.383 e. The van der Waals surface area contributed by atoms with E-state index < -0.39 is 166 Å². The summed E-state index contributed by atoms with van der Waals surface area (Å²) >= 11 is 0.917. The molecule has 2 aromatic heterocycles. The van der Waals surface area contributed by atoms with Crippen molar-refractivity contribution in [2.75, 3.05) is 66.6 Å². The zero-order valence-electron chi connectivity index (χ0n) is 73.1. The van der Waals surface area contributed by atoms with Crippen molar-refractivity contribution in [1.82, 2.24) is 28.7 Å². The number of thioether (sulfide) groups is 2. The van der Waals surface area contributed by atoms with E-state index >= 15 is 4.39 Å². The van der Waals surface area contributed by atoms with Crippen molar-refractivity contribution < 1.29 is 84.9 Å². The van der Waals surface area contributed by atoms with Gasteiger partial charge in [-0.05, 0) is 133 Å². The molecule has 0 aliphatic carbocycles. The van der Waals surface area contributed by atoms with Crippen LogP contribution in [0.3, 0.4) is 0 Å². The minimum atomic E-state index is -4.51. The Bertz CT molecular complexity index is 5670. The third-order valence-electron chi connectivity index (χ3n) is 18.3. The van der Waals surface area contributed by atoms with Crippen molar-refractivity contribution in [3.8, 4) is 22.3 Å². The summed E-state index contributed by atoms with van der Waals surface area (Å²) in [4.78, 5) is 64.3. The van der Waals surface area contributed by atoms with Crippen molar-refractivity contribution >= 4 is 57.1 Å². The number of carbonyl (C=O) groups excluding carboxylic acids is 2. The number of amides is 2. The number of carbonyl (C=O) groups is 2. The van der Waals surface area contributed by atoms with Crippen molar-refractivity contribution in [2.24, 2.45) is 0 Å². The Balaban J connectivity index is 0.000000238. The molecule has 556 valence electrons. The molecule has 0 unspecified atom stereocenters. The highest BCUT2D eigenvalue weighted by molar-refractivity contribution is 7.98. The maximum Gasteiger partial charge on any atom is 0.416 e. The molecule has 0 atom stereocenters. The van der Waals surface area contributed by atoms with Gasteiger partial charge in [0.25, 0.3) is 0 Å². The molecule has 0 bridgehead atoms. The quantitative estimate of drug-likeness (QED) is 0.0428. The van der Waals surface area contributed by atoms with Crippen LogP contribution in [0.4, 0.5) is 43.9 Å². The largest absolute Gasteiger partial charge is 0.416 e. The second kappa shape index (κ2) is 35.1. The van der Waals surface area contributed by atoms with Gasteiger partial charge in [-0.3, -0.25) is 19.2 Å². The van der Waals surface area contributed by atoms with Gasteiger partial charge < -0.3 is 38.2 Å². The molecule has 12 rings (SSSR count). The number of halogens is 10. The first-order valence-electron chi connectivity index (χ1n) is 41.5. The number of nitrogens with zero attached hydrogens (tertiary/aromatic N) is 6. The topological polar surface area (TPSA) is 110 Å². The number of likely N-dealkylation sites (tertiary alicyclic amines) is 2. The average molecular weight is 1520 g/mol. The molecule has 2 saturated heterocycles. The molecule has 2 aliphatic rings. The van der Waals surface area contributed by atoms with E-state index in [2.05, 4.69) is 0 Å². The number of fused-ring (bicyclic) bond motifs is 2. The number of benzene rings is 8. The lowest BCUT2D eigenvalue weighted by Gasteiger charge is -2.39. The van der Waals surface area contributed by atoms with Crippen LogP contribution in [0, 0.1) is 37.1 Å². The number of alkyl halides is 6. The third-order valence-corrected chi connectivity index (χ3v) is 20.2. The summed E-state index contributed by atoms with van der Waals surface area (Å²) in [6, 6.07) is 24.3. The summed E-state index contributed by atoms with van der Waals surface area (Å²) in [5.41, 5.74) is -4.42. The Morgan fingerprint density at radius 3 is 1.29 bits per heavy atom. The van der Waals surface area contributed by atoms with Crippen LogP contribution in [0.25, 0.3) is 44.1 Å². The monoisotopic (exact) mass is 1510 g/mol. The average Bonchev–Trinajstić information content (AvgIpc) is 0.733. The normalized spacial score (nSPS) is 16.7. The molecule has 0 radical (unpaired) electrons. The zero-order valence-corrected chi connectivity index (χ0v) is 58.7. The maximum absolute atomic E-state index is 15.0. The number of methoxy groups -OCH3 is 2. The molecule has 10 aromatic rings. The summed E-state index contributed by atoms with van der Waals surface area (Å²) in [7, 11) is -5.12. The van der Waals surface area contributed by atoms with Crippen LogP contribution in [-0.4, -0.2) is 119 Å². The fraction of sp³-hybridized carbons (Fsp3) is 0.317. The number of aromatic nitrogens is 2. The van der Waals surface area contributed by atoms with E-state index in [-0.39, 0.29) is 94.6 Å². The molecule has 2 aliphatic heterocycles. The molecule has 24 heteroatoms. The van der Waals surface area contributed by atoms with Gasteiger partial charge in [-0.2, -0.15) is 26.3 Å². The predicted molar refractivity (Wildman–Crippen MR) is 395 cm³/mol. The predicted octanol–water partition coefficient (Wildman–Crippen LogP) is 17.4. The molecule has 12 nitrogen and oxygen atoms in total. The first-order valence-corrected chi connectivity index (χ1v) is 35.3. The highest BCUT2D eigenvalue weighted by Crippen LogP contribution is 2.36. The molecule has 106 heavy (non-hydrogen) atoms. The van der Waals surface area contributed by atoms with Crippen LogP contribution in [0.5, 0.6) is 0 Å². The summed E-state index contributed by atoms with van der Waals surface area (Å²) in [5.74, 6) is -6.56. The van der Waals surface area contributed by atoms with E-state index in [4.69, 9.17) is 31.4 Å². The fourth-order valence-electron chi connectivity index (χ4n) is 12.6. The van der Waals surface area contributed by atoms with Gasteiger partial charge in [-0.25, -0.2) is 17.6 Å². The number of ether oxygens (including phenoxy) is 2. The van der Waals surface area contributed by atoms with Crippen molar-refractivity contribution in [2.45, 2.75) is 112 Å². The summed E-state index contributed by atoms with van der Waals surface area (Å²) in [6.07, 6.45) is -7.32. The summed E-state index contributed by atoms with van der Waals surface area (Å²) in [6.45, 7) is 3.76. The highest BCUT2D eigenvalue weighted by atomic mass is 32.2. The maximum atomic E-state index is 15.0. The van der Waals surface area contributed by atoms with Crippen LogP contribution in [-0.2, 0) is 69.1 Å². The Morgan fingerprint density at radius 2 is 0.896 bits per heavy atom. The Labute approximate surface area is 639 Å². The zero-order chi connectivity index (χ0) is 89.2. The number of pyridine rings is 2. The fourth-order valence-corrected chi connectivity index (χ4v) is 14.4. The smallest absolute Gasteiger partial charge is 0.383 e. The van der Waals surface area contributed by atoms with Gasteiger partial charge >= 0.3 is 12.4 Å². The SMILES string of the molecule is [2H]c1c(C)c([2H])c2c(=O)c([2H])c(SC([2H])([2H])c3cccc(F)c3F)n(CC(=O)N(Cc3ccc(-c4ccc(C(F)(F)F)cc4)cc3)C3CCN(CCOC([2H])([2H])[2H])CC3)c2c1[2H].[2H]c1c(C)c([2H])c2c(=O)c([2H])c(SCc3cccc(F)c3F)n(CC(=O)N(Cc3ccc(-c4ccc(C(F)(F)F)cc4)cc3)C3CCN(CCOC([2H])([2H])[2H])CC3)c2c1[2H]. The second-order valence-corrected chi connectivity index (χ2v) is 27.1. The number of hydrogen-bond acceptors (Lipinski definition) is 10. The van der Waals surface area contributed by atoms with Crippen LogP contribution >= 0.6 is 23.5 Å². The first kappa shape index (κ1) is 59.1. The standard InChI is InChI=1S/2C41H40F5N3O3S/c2*1-27-6-15-36-34(22-27)37(50)23-39(53-26-31-4-3-5-35(42)40(31)43)49(36)25-38(51)48(33-16-18-47(19-17-33)20-21-52-2)24-28-7-9-29(10-8-28)30-11-13-32(14-12-30)41(44,45)46/h2*3-15,22-23,33H,16-21,24-26H2,1-2H3/i2D3,6D,15D,22D,23D,26D2;2D3,6D,15D,22D,23D. The molecule has 2 fully saturated rings. The van der Waals surface area contributed by atoms with E-state index in [1.807, 2.05) is 9.80 Å². The Morgan fingerprint density at radius 1 is 0.519 bits per heavy atom. The summed E-state index contributed by atoms with van der Waals surface area (Å²) in [5, 5.41) is -1.47. The lowest BCUT2D eigenvalue weighted by Crippen LogP contribution is -2.48. The van der Waals surface area contributed by atoms with Crippen LogP contribution in [0.15, 0.2) is 201 Å². The van der Waals surface area contributed by atoms with E-state index in [1.165, 1.54) is 59.7 Å². The molecule has 0 N–H and O–H groups in total. The third kappa shape index (κ3) is 19.6. The van der Waals surface area contributed by atoms with Gasteiger partial charge in [0.2, 0.25) is 11.8 Å². The van der Waals surface area contributed by atoms with Gasteiger partial charge in [-0.15, -0.1) is 23.5 Å². The van der Waals surface area contributed by atoms with Crippen molar-refractivity contribution in [1.29, 1.82) is 0 Å². The number of rotatable bonds is 24. The van der Waals surface area contributed by atoms with Crippen molar-refractivity contribution in [3.63, 3.8) is 0 Å². The number of piperidine rings is 2. The van der Waals surface area contributed by atoms with Crippen LogP contribution in [0.2, 0.25) is 0 Å². The lowest BCUT2D eigenvalue weighted by atomic mass is 10.00. The Hall–Kier alpha value is -9.04. The van der Waals surface area contributed by atoms with Crippen LogP contribution < -0.4 is 10.9 Å². The van der Waals surface area contributed by atoms with E-state index in [1.54, 1.807) is 53.4 Å².